The highest BCUT2D eigenvalue weighted by atomic mass is 16.5. The SMILES string of the molecule is Cc1ccc(-c2c(C(OC(C)(C)C)C(=O)O)n(C)c(=O)c3cc(-c4ccoc4C)ccc23)cc1C. The molecule has 0 aliphatic carbocycles. The zero-order valence-electron chi connectivity index (χ0n) is 21.2. The average molecular weight is 474 g/mol. The number of benzene rings is 2. The summed E-state index contributed by atoms with van der Waals surface area (Å²) in [4.78, 5) is 26.1. The van der Waals surface area contributed by atoms with Gasteiger partial charge in [0.25, 0.3) is 5.56 Å². The van der Waals surface area contributed by atoms with E-state index in [1.54, 1.807) is 34.1 Å². The lowest BCUT2D eigenvalue weighted by Crippen LogP contribution is -2.33. The van der Waals surface area contributed by atoms with Crippen molar-refractivity contribution in [3.05, 3.63) is 81.7 Å². The van der Waals surface area contributed by atoms with Gasteiger partial charge in [-0.1, -0.05) is 30.3 Å². The summed E-state index contributed by atoms with van der Waals surface area (Å²) in [6.07, 6.45) is 0.294. The molecule has 4 aromatic rings. The minimum atomic E-state index is -1.33. The maximum Gasteiger partial charge on any atom is 0.339 e. The normalized spacial score (nSPS) is 12.8. The summed E-state index contributed by atoms with van der Waals surface area (Å²) in [5.41, 5.74) is 4.78. The summed E-state index contributed by atoms with van der Waals surface area (Å²) in [5.74, 6) is -0.387. The molecule has 0 bridgehead atoms. The summed E-state index contributed by atoms with van der Waals surface area (Å²) in [7, 11) is 1.61. The van der Waals surface area contributed by atoms with E-state index in [-0.39, 0.29) is 5.56 Å². The van der Waals surface area contributed by atoms with Gasteiger partial charge in [0, 0.05) is 23.6 Å². The van der Waals surface area contributed by atoms with Gasteiger partial charge in [-0.2, -0.15) is 0 Å². The minimum Gasteiger partial charge on any atom is -0.479 e. The Kier molecular flexibility index (Phi) is 6.20. The molecule has 0 radical (unpaired) electrons. The number of aryl methyl sites for hydroxylation is 3. The third kappa shape index (κ3) is 4.54. The molecule has 2 aromatic heterocycles. The lowest BCUT2D eigenvalue weighted by molar-refractivity contribution is -0.161. The monoisotopic (exact) mass is 473 g/mol. The quantitative estimate of drug-likeness (QED) is 0.366. The summed E-state index contributed by atoms with van der Waals surface area (Å²) < 4.78 is 12.9. The Morgan fingerprint density at radius 1 is 0.971 bits per heavy atom. The van der Waals surface area contributed by atoms with Crippen molar-refractivity contribution in [3.63, 3.8) is 0 Å². The van der Waals surface area contributed by atoms with Gasteiger partial charge in [0.15, 0.2) is 6.10 Å². The van der Waals surface area contributed by atoms with E-state index >= 15 is 0 Å². The molecular formula is C29H31NO5. The van der Waals surface area contributed by atoms with Crippen molar-refractivity contribution in [2.45, 2.75) is 53.2 Å². The van der Waals surface area contributed by atoms with Gasteiger partial charge in [-0.05, 0) is 81.3 Å². The Morgan fingerprint density at radius 3 is 2.23 bits per heavy atom. The van der Waals surface area contributed by atoms with Crippen LogP contribution in [0.1, 0.15) is 49.5 Å². The second-order valence-electron chi connectivity index (χ2n) is 10.0. The van der Waals surface area contributed by atoms with Gasteiger partial charge in [0.2, 0.25) is 0 Å². The molecule has 1 unspecified atom stereocenters. The molecule has 35 heavy (non-hydrogen) atoms. The summed E-state index contributed by atoms with van der Waals surface area (Å²) in [6, 6.07) is 13.6. The van der Waals surface area contributed by atoms with Crippen LogP contribution in [0.15, 0.2) is 57.9 Å². The maximum absolute atomic E-state index is 13.6. The van der Waals surface area contributed by atoms with E-state index in [1.165, 1.54) is 4.57 Å². The van der Waals surface area contributed by atoms with Crippen molar-refractivity contribution in [1.29, 1.82) is 0 Å². The van der Waals surface area contributed by atoms with Crippen LogP contribution in [0.4, 0.5) is 0 Å². The molecule has 2 aromatic carbocycles. The fraction of sp³-hybridized carbons (Fsp3) is 0.310. The second-order valence-corrected chi connectivity index (χ2v) is 10.0. The van der Waals surface area contributed by atoms with E-state index in [0.29, 0.717) is 22.0 Å². The molecule has 0 fully saturated rings. The highest BCUT2D eigenvalue weighted by Gasteiger charge is 2.33. The molecule has 1 atom stereocenters. The number of ether oxygens (including phenoxy) is 1. The van der Waals surface area contributed by atoms with E-state index in [2.05, 4.69) is 0 Å². The van der Waals surface area contributed by atoms with Gasteiger partial charge in [-0.3, -0.25) is 4.79 Å². The predicted octanol–water partition coefficient (Wildman–Crippen LogP) is 6.33. The molecule has 0 aliphatic heterocycles. The summed E-state index contributed by atoms with van der Waals surface area (Å²) >= 11 is 0. The zero-order valence-corrected chi connectivity index (χ0v) is 21.2. The number of furan rings is 1. The lowest BCUT2D eigenvalue weighted by atomic mass is 9.91. The highest BCUT2D eigenvalue weighted by molar-refractivity contribution is 6.00. The highest BCUT2D eigenvalue weighted by Crippen LogP contribution is 2.38. The molecule has 4 rings (SSSR count). The number of aliphatic carboxylic acids is 1. The molecular weight excluding hydrogens is 442 g/mol. The van der Waals surface area contributed by atoms with Crippen molar-refractivity contribution in [2.24, 2.45) is 7.05 Å². The topological polar surface area (TPSA) is 81.7 Å². The van der Waals surface area contributed by atoms with Crippen LogP contribution in [0, 0.1) is 20.8 Å². The Bertz CT molecular complexity index is 1500. The van der Waals surface area contributed by atoms with Crippen LogP contribution < -0.4 is 5.56 Å². The first-order valence-corrected chi connectivity index (χ1v) is 11.6. The fourth-order valence-corrected chi connectivity index (χ4v) is 4.47. The van der Waals surface area contributed by atoms with Crippen molar-refractivity contribution in [1.82, 2.24) is 4.57 Å². The number of fused-ring (bicyclic) bond motifs is 1. The van der Waals surface area contributed by atoms with Crippen LogP contribution >= 0.6 is 0 Å². The number of carboxylic acids is 1. The first kappa shape index (κ1) is 24.5. The van der Waals surface area contributed by atoms with Crippen LogP contribution in [0.25, 0.3) is 33.0 Å². The number of carboxylic acid groups (broad SMARTS) is 1. The van der Waals surface area contributed by atoms with Crippen LogP contribution in [0.3, 0.4) is 0 Å². The Hall–Kier alpha value is -3.64. The number of pyridine rings is 1. The second kappa shape index (κ2) is 8.86. The smallest absolute Gasteiger partial charge is 0.339 e. The maximum atomic E-state index is 13.6. The van der Waals surface area contributed by atoms with Gasteiger partial charge >= 0.3 is 5.97 Å². The fourth-order valence-electron chi connectivity index (χ4n) is 4.47. The van der Waals surface area contributed by atoms with Crippen molar-refractivity contribution in [2.75, 3.05) is 0 Å². The number of rotatable bonds is 5. The summed E-state index contributed by atoms with van der Waals surface area (Å²) in [6.45, 7) is 11.3. The van der Waals surface area contributed by atoms with Crippen LogP contribution in [0.5, 0.6) is 0 Å². The van der Waals surface area contributed by atoms with Crippen LogP contribution in [-0.4, -0.2) is 21.2 Å². The third-order valence-electron chi connectivity index (χ3n) is 6.35. The number of aromatic nitrogens is 1. The van der Waals surface area contributed by atoms with Crippen molar-refractivity contribution >= 4 is 16.7 Å². The zero-order chi connectivity index (χ0) is 25.7. The molecule has 2 heterocycles. The minimum absolute atomic E-state index is 0.283. The third-order valence-corrected chi connectivity index (χ3v) is 6.35. The van der Waals surface area contributed by atoms with Crippen LogP contribution in [0.2, 0.25) is 0 Å². The largest absolute Gasteiger partial charge is 0.479 e. The van der Waals surface area contributed by atoms with Crippen molar-refractivity contribution in [3.8, 4) is 22.3 Å². The van der Waals surface area contributed by atoms with Gasteiger partial charge in [0.1, 0.15) is 5.76 Å². The molecule has 0 saturated carbocycles. The van der Waals surface area contributed by atoms with E-state index in [4.69, 9.17) is 9.15 Å². The van der Waals surface area contributed by atoms with Crippen LogP contribution in [-0.2, 0) is 16.6 Å². The van der Waals surface area contributed by atoms with E-state index < -0.39 is 17.7 Å². The number of hydrogen-bond acceptors (Lipinski definition) is 4. The lowest BCUT2D eigenvalue weighted by Gasteiger charge is -2.28. The number of hydrogen-bond donors (Lipinski definition) is 1. The number of carbonyl (C=O) groups is 1. The average Bonchev–Trinajstić information content (AvgIpc) is 3.21. The Balaban J connectivity index is 2.13. The molecule has 1 N–H and O–H groups in total. The number of nitrogens with zero attached hydrogens (tertiary/aromatic N) is 1. The summed E-state index contributed by atoms with van der Waals surface area (Å²) in [5, 5.41) is 11.4. The van der Waals surface area contributed by atoms with Gasteiger partial charge in [-0.25, -0.2) is 4.79 Å². The molecule has 6 nitrogen and oxygen atoms in total. The van der Waals surface area contributed by atoms with Gasteiger partial charge in [-0.15, -0.1) is 0 Å². The molecule has 0 aliphatic rings. The molecule has 0 saturated heterocycles. The molecule has 182 valence electrons. The Labute approximate surface area is 204 Å². The van der Waals surface area contributed by atoms with E-state index in [9.17, 15) is 14.7 Å². The van der Waals surface area contributed by atoms with Crippen molar-refractivity contribution < 1.29 is 19.1 Å². The first-order chi connectivity index (χ1) is 16.4. The molecule has 0 amide bonds. The van der Waals surface area contributed by atoms with Gasteiger partial charge < -0.3 is 18.8 Å². The molecule has 0 spiro atoms. The van der Waals surface area contributed by atoms with Gasteiger partial charge in [0.05, 0.1) is 17.6 Å². The molecule has 6 heteroatoms. The standard InChI is InChI=1S/C29H31NO5/c1-16-8-9-20(14-17(16)2)24-22-11-10-19(21-12-13-34-18(21)3)15-23(22)27(31)30(7)25(24)26(28(32)33)35-29(4,5)6/h8-15,26H,1-7H3,(H,32,33). The van der Waals surface area contributed by atoms with E-state index in [1.807, 2.05) is 63.2 Å². The van der Waals surface area contributed by atoms with E-state index in [0.717, 1.165) is 33.6 Å². The first-order valence-electron chi connectivity index (χ1n) is 11.6. The Morgan fingerprint density at radius 2 is 1.66 bits per heavy atom. The predicted molar refractivity (Wildman–Crippen MR) is 138 cm³/mol.